The number of carbonyl (C=O) groups is 1. The molecule has 3 heterocycles. The molecule has 2 fully saturated rings. The molecule has 2 aliphatic rings. The molecule has 1 aromatic carbocycles. The summed E-state index contributed by atoms with van der Waals surface area (Å²) in [4.78, 5) is 31.2. The molecule has 29 heavy (non-hydrogen) atoms. The maximum absolute atomic E-state index is 13.2. The first-order chi connectivity index (χ1) is 14.0. The van der Waals surface area contributed by atoms with E-state index < -0.39 is 0 Å². The van der Waals surface area contributed by atoms with Crippen LogP contribution in [0.1, 0.15) is 24.0 Å². The topological polar surface area (TPSA) is 72.5 Å². The van der Waals surface area contributed by atoms with E-state index in [1.807, 2.05) is 4.90 Å². The fourth-order valence-electron chi connectivity index (χ4n) is 4.46. The molecule has 1 atom stereocenters. The van der Waals surface area contributed by atoms with Crippen molar-refractivity contribution in [3.8, 4) is 0 Å². The minimum Gasteiger partial charge on any atom is -0.369 e. The van der Waals surface area contributed by atoms with E-state index in [-0.39, 0.29) is 17.4 Å². The standard InChI is InChI=1S/C22H29N5O2/c1-16-5-3-7-20(17(16)2)25-9-11-26(12-10-25)22(29)18-6-4-8-27(15-18)19-13-21(28)24-23-14-19/h3,5,7,13-14,18H,4,6,8-12,15H2,1-2H3,(H,24,28)/t18-/m1/s1. The molecule has 1 amide bonds. The average Bonchev–Trinajstić information content (AvgIpc) is 2.75. The van der Waals surface area contributed by atoms with E-state index in [0.717, 1.165) is 51.3 Å². The Morgan fingerprint density at radius 3 is 2.66 bits per heavy atom. The van der Waals surface area contributed by atoms with Crippen LogP contribution in [0.4, 0.5) is 11.4 Å². The van der Waals surface area contributed by atoms with Gasteiger partial charge in [-0.05, 0) is 43.9 Å². The van der Waals surface area contributed by atoms with E-state index in [9.17, 15) is 9.59 Å². The van der Waals surface area contributed by atoms with Gasteiger partial charge in [0, 0.05) is 51.0 Å². The Bertz CT molecular complexity index is 933. The molecule has 0 unspecified atom stereocenters. The van der Waals surface area contributed by atoms with Crippen LogP contribution in [0.15, 0.2) is 35.3 Å². The molecule has 0 aliphatic carbocycles. The minimum atomic E-state index is -0.210. The molecule has 0 saturated carbocycles. The number of piperazine rings is 1. The van der Waals surface area contributed by atoms with Crippen molar-refractivity contribution in [3.63, 3.8) is 0 Å². The Morgan fingerprint density at radius 1 is 1.10 bits per heavy atom. The van der Waals surface area contributed by atoms with Gasteiger partial charge in [0.15, 0.2) is 0 Å². The molecule has 2 aromatic rings. The zero-order valence-electron chi connectivity index (χ0n) is 17.2. The van der Waals surface area contributed by atoms with Crippen LogP contribution in [-0.2, 0) is 4.79 Å². The van der Waals surface area contributed by atoms with Gasteiger partial charge in [0.1, 0.15) is 0 Å². The first kappa shape index (κ1) is 19.5. The second kappa shape index (κ2) is 8.27. The Hall–Kier alpha value is -2.83. The fraction of sp³-hybridized carbons (Fsp3) is 0.500. The van der Waals surface area contributed by atoms with Gasteiger partial charge in [-0.3, -0.25) is 9.59 Å². The summed E-state index contributed by atoms with van der Waals surface area (Å²) in [6.07, 6.45) is 3.52. The first-order valence-corrected chi connectivity index (χ1v) is 10.4. The molecule has 0 radical (unpaired) electrons. The zero-order valence-corrected chi connectivity index (χ0v) is 17.2. The molecular weight excluding hydrogens is 366 g/mol. The van der Waals surface area contributed by atoms with Crippen molar-refractivity contribution in [2.45, 2.75) is 26.7 Å². The molecule has 7 nitrogen and oxygen atoms in total. The Labute approximate surface area is 171 Å². The van der Waals surface area contributed by atoms with Crippen LogP contribution in [0.3, 0.4) is 0 Å². The number of aromatic nitrogens is 2. The largest absolute Gasteiger partial charge is 0.369 e. The van der Waals surface area contributed by atoms with Crippen LogP contribution in [0.5, 0.6) is 0 Å². The van der Waals surface area contributed by atoms with E-state index in [2.05, 4.69) is 52.0 Å². The van der Waals surface area contributed by atoms with Gasteiger partial charge >= 0.3 is 0 Å². The quantitative estimate of drug-likeness (QED) is 0.860. The SMILES string of the molecule is Cc1cccc(N2CCN(C(=O)[C@@H]3CCCN(c4cn[nH]c(=O)c4)C3)CC2)c1C. The number of nitrogens with zero attached hydrogens (tertiary/aromatic N) is 4. The number of rotatable bonds is 3. The van der Waals surface area contributed by atoms with E-state index in [4.69, 9.17) is 0 Å². The molecule has 1 N–H and O–H groups in total. The summed E-state index contributed by atoms with van der Waals surface area (Å²) in [5, 5.41) is 6.30. The summed E-state index contributed by atoms with van der Waals surface area (Å²) in [7, 11) is 0. The van der Waals surface area contributed by atoms with Gasteiger partial charge in [-0.2, -0.15) is 5.10 Å². The van der Waals surface area contributed by atoms with E-state index in [0.29, 0.717) is 6.54 Å². The summed E-state index contributed by atoms with van der Waals surface area (Å²) in [5.41, 5.74) is 4.49. The third kappa shape index (κ3) is 4.13. The lowest BCUT2D eigenvalue weighted by Crippen LogP contribution is -2.52. The van der Waals surface area contributed by atoms with Crippen molar-refractivity contribution in [2.24, 2.45) is 5.92 Å². The third-order valence-electron chi connectivity index (χ3n) is 6.29. The van der Waals surface area contributed by atoms with Crippen LogP contribution in [0.25, 0.3) is 0 Å². The maximum atomic E-state index is 13.2. The first-order valence-electron chi connectivity index (χ1n) is 10.4. The van der Waals surface area contributed by atoms with E-state index >= 15 is 0 Å². The number of benzene rings is 1. The number of amides is 1. The predicted octanol–water partition coefficient (Wildman–Crippen LogP) is 1.95. The van der Waals surface area contributed by atoms with E-state index in [1.54, 1.807) is 12.3 Å². The van der Waals surface area contributed by atoms with Gasteiger partial charge in [-0.15, -0.1) is 0 Å². The summed E-state index contributed by atoms with van der Waals surface area (Å²) in [5.74, 6) is 0.225. The molecule has 2 aliphatic heterocycles. The second-order valence-corrected chi connectivity index (χ2v) is 8.12. The second-order valence-electron chi connectivity index (χ2n) is 8.12. The van der Waals surface area contributed by atoms with Gasteiger partial charge in [-0.25, -0.2) is 5.10 Å². The summed E-state index contributed by atoms with van der Waals surface area (Å²) in [6, 6.07) is 7.98. The number of piperidine rings is 1. The number of carbonyl (C=O) groups excluding carboxylic acids is 1. The monoisotopic (exact) mass is 395 g/mol. The highest BCUT2D eigenvalue weighted by molar-refractivity contribution is 5.80. The normalized spacial score (nSPS) is 20.1. The lowest BCUT2D eigenvalue weighted by atomic mass is 9.95. The molecule has 0 spiro atoms. The highest BCUT2D eigenvalue weighted by atomic mass is 16.2. The lowest BCUT2D eigenvalue weighted by Gasteiger charge is -2.40. The van der Waals surface area contributed by atoms with Crippen LogP contribution in [0.2, 0.25) is 0 Å². The van der Waals surface area contributed by atoms with Crippen molar-refractivity contribution in [3.05, 3.63) is 51.9 Å². The maximum Gasteiger partial charge on any atom is 0.266 e. The van der Waals surface area contributed by atoms with Gasteiger partial charge < -0.3 is 14.7 Å². The van der Waals surface area contributed by atoms with Crippen molar-refractivity contribution >= 4 is 17.3 Å². The number of nitrogens with one attached hydrogen (secondary N) is 1. The van der Waals surface area contributed by atoms with Crippen LogP contribution >= 0.6 is 0 Å². The zero-order chi connectivity index (χ0) is 20.4. The van der Waals surface area contributed by atoms with E-state index in [1.165, 1.54) is 16.8 Å². The predicted molar refractivity (Wildman–Crippen MR) is 115 cm³/mol. The molecule has 2 saturated heterocycles. The smallest absolute Gasteiger partial charge is 0.266 e. The number of anilines is 2. The van der Waals surface area contributed by atoms with Gasteiger partial charge in [-0.1, -0.05) is 12.1 Å². The van der Waals surface area contributed by atoms with Crippen LogP contribution < -0.4 is 15.4 Å². The average molecular weight is 396 g/mol. The molecular formula is C22H29N5O2. The summed E-state index contributed by atoms with van der Waals surface area (Å²) < 4.78 is 0. The number of H-pyrrole nitrogens is 1. The summed E-state index contributed by atoms with van der Waals surface area (Å²) in [6.45, 7) is 9.07. The highest BCUT2D eigenvalue weighted by Crippen LogP contribution is 2.26. The van der Waals surface area contributed by atoms with Crippen LogP contribution in [0, 0.1) is 19.8 Å². The molecule has 154 valence electrons. The number of hydrogen-bond donors (Lipinski definition) is 1. The molecule has 0 bridgehead atoms. The molecule has 4 rings (SSSR count). The Balaban J connectivity index is 1.38. The highest BCUT2D eigenvalue weighted by Gasteiger charge is 2.31. The fourth-order valence-corrected chi connectivity index (χ4v) is 4.46. The number of aromatic amines is 1. The molecule has 7 heteroatoms. The molecule has 1 aromatic heterocycles. The van der Waals surface area contributed by atoms with Crippen molar-refractivity contribution < 1.29 is 4.79 Å². The minimum absolute atomic E-state index is 0.0182. The third-order valence-corrected chi connectivity index (χ3v) is 6.29. The Morgan fingerprint density at radius 2 is 1.90 bits per heavy atom. The van der Waals surface area contributed by atoms with Gasteiger partial charge in [0.05, 0.1) is 17.8 Å². The van der Waals surface area contributed by atoms with Crippen LogP contribution in [-0.4, -0.2) is 60.3 Å². The lowest BCUT2D eigenvalue weighted by molar-refractivity contribution is -0.136. The van der Waals surface area contributed by atoms with Gasteiger partial charge in [0.25, 0.3) is 5.56 Å². The number of aryl methyl sites for hydroxylation is 1. The number of hydrogen-bond acceptors (Lipinski definition) is 5. The van der Waals surface area contributed by atoms with Crippen molar-refractivity contribution in [1.82, 2.24) is 15.1 Å². The Kier molecular flexibility index (Phi) is 5.56. The van der Waals surface area contributed by atoms with Gasteiger partial charge in [0.2, 0.25) is 5.91 Å². The van der Waals surface area contributed by atoms with Crippen molar-refractivity contribution in [2.75, 3.05) is 49.1 Å². The summed E-state index contributed by atoms with van der Waals surface area (Å²) >= 11 is 0. The van der Waals surface area contributed by atoms with Crippen molar-refractivity contribution in [1.29, 1.82) is 0 Å².